The second-order valence-electron chi connectivity index (χ2n) is 10.8. The maximum Gasteiger partial charge on any atom is 0.416 e. The van der Waals surface area contributed by atoms with E-state index < -0.39 is 17.6 Å². The quantitative estimate of drug-likeness (QED) is 0.245. The van der Waals surface area contributed by atoms with Gasteiger partial charge in [-0.15, -0.1) is 0 Å². The van der Waals surface area contributed by atoms with Gasteiger partial charge in [0, 0.05) is 54.8 Å². The van der Waals surface area contributed by atoms with Gasteiger partial charge in [0.25, 0.3) is 5.91 Å². The number of nitrogens with zero attached hydrogens (tertiary/aromatic N) is 6. The van der Waals surface area contributed by atoms with Crippen LogP contribution in [0.25, 0.3) is 0 Å². The van der Waals surface area contributed by atoms with Crippen LogP contribution in [0.3, 0.4) is 0 Å². The molecule has 0 aliphatic carbocycles. The van der Waals surface area contributed by atoms with E-state index in [0.29, 0.717) is 61.6 Å². The highest BCUT2D eigenvalue weighted by atomic mass is 19.4. The number of carbonyl (C=O) groups excluding carboxylic acids is 2. The van der Waals surface area contributed by atoms with Gasteiger partial charge in [0.15, 0.2) is 0 Å². The third kappa shape index (κ3) is 6.69. The molecule has 1 saturated heterocycles. The van der Waals surface area contributed by atoms with Gasteiger partial charge >= 0.3 is 12.2 Å². The van der Waals surface area contributed by atoms with E-state index >= 15 is 0 Å². The number of morpholine rings is 1. The molecule has 3 aromatic carbocycles. The number of rotatable bonds is 8. The number of amides is 3. The smallest absolute Gasteiger partial charge is 0.416 e. The molecule has 244 valence electrons. The lowest BCUT2D eigenvalue weighted by Gasteiger charge is -2.39. The van der Waals surface area contributed by atoms with Crippen LogP contribution in [0.2, 0.25) is 0 Å². The summed E-state index contributed by atoms with van der Waals surface area (Å²) in [5, 5.41) is 6.69. The summed E-state index contributed by atoms with van der Waals surface area (Å²) < 4.78 is 50.7. The van der Waals surface area contributed by atoms with Crippen LogP contribution in [0, 0.1) is 0 Å². The highest BCUT2D eigenvalue weighted by Crippen LogP contribution is 2.36. The molecule has 1 fully saturated rings. The zero-order valence-corrected chi connectivity index (χ0v) is 25.7. The van der Waals surface area contributed by atoms with Crippen LogP contribution in [0.1, 0.15) is 28.4 Å². The summed E-state index contributed by atoms with van der Waals surface area (Å²) in [6.07, 6.45) is -2.89. The fraction of sp³-hybridized carbons (Fsp3) is 0.273. The van der Waals surface area contributed by atoms with E-state index in [2.05, 4.69) is 10.3 Å². The number of ether oxygens (including phenoxy) is 2. The van der Waals surface area contributed by atoms with Crippen LogP contribution < -0.4 is 24.9 Å². The minimum absolute atomic E-state index is 0.127. The fourth-order valence-electron chi connectivity index (χ4n) is 5.49. The molecule has 0 saturated carbocycles. The number of halogens is 3. The number of methoxy groups -OCH3 is 1. The number of alkyl halides is 3. The van der Waals surface area contributed by atoms with Crippen molar-refractivity contribution < 1.29 is 32.2 Å². The van der Waals surface area contributed by atoms with Crippen molar-refractivity contribution in [3.63, 3.8) is 0 Å². The minimum atomic E-state index is -4.59. The van der Waals surface area contributed by atoms with E-state index in [0.717, 1.165) is 17.8 Å². The Bertz CT molecular complexity index is 1770. The lowest BCUT2D eigenvalue weighted by Crippen LogP contribution is -2.49. The molecule has 47 heavy (non-hydrogen) atoms. The van der Waals surface area contributed by atoms with E-state index in [-0.39, 0.29) is 23.8 Å². The van der Waals surface area contributed by atoms with E-state index in [1.807, 2.05) is 42.3 Å². The van der Waals surface area contributed by atoms with Gasteiger partial charge in [0.05, 0.1) is 43.8 Å². The Morgan fingerprint density at radius 3 is 2.51 bits per heavy atom. The molecule has 14 heteroatoms. The third-order valence-corrected chi connectivity index (χ3v) is 7.80. The van der Waals surface area contributed by atoms with Gasteiger partial charge < -0.3 is 14.8 Å². The van der Waals surface area contributed by atoms with E-state index in [9.17, 15) is 22.8 Å². The molecule has 4 aromatic rings. The fourth-order valence-corrected chi connectivity index (χ4v) is 5.49. The number of carbonyl (C=O) groups is 2. The average molecular weight is 648 g/mol. The van der Waals surface area contributed by atoms with Gasteiger partial charge in [-0.25, -0.2) is 19.8 Å². The van der Waals surface area contributed by atoms with Crippen molar-refractivity contribution in [2.24, 2.45) is 0 Å². The first-order valence-electron chi connectivity index (χ1n) is 15.0. The number of hydrogen-bond donors (Lipinski definition) is 1. The topological polar surface area (TPSA) is 103 Å². The van der Waals surface area contributed by atoms with Gasteiger partial charge in [-0.3, -0.25) is 14.6 Å². The van der Waals surface area contributed by atoms with Gasteiger partial charge in [-0.05, 0) is 43.3 Å². The van der Waals surface area contributed by atoms with Gasteiger partial charge in [-0.1, -0.05) is 24.3 Å². The van der Waals surface area contributed by atoms with Crippen molar-refractivity contribution in [1.82, 2.24) is 15.0 Å². The van der Waals surface area contributed by atoms with Crippen molar-refractivity contribution in [2.45, 2.75) is 19.6 Å². The number of benzene rings is 3. The monoisotopic (exact) mass is 647 g/mol. The van der Waals surface area contributed by atoms with Crippen LogP contribution in [-0.2, 0) is 17.5 Å². The molecule has 6 rings (SSSR count). The molecular formula is C33H32F3N7O4. The van der Waals surface area contributed by atoms with Crippen LogP contribution >= 0.6 is 0 Å². The number of nitrogens with one attached hydrogen (secondary N) is 1. The Morgan fingerprint density at radius 2 is 1.81 bits per heavy atom. The maximum absolute atomic E-state index is 14.0. The molecule has 1 aromatic heterocycles. The van der Waals surface area contributed by atoms with Crippen molar-refractivity contribution in [3.05, 3.63) is 95.7 Å². The van der Waals surface area contributed by atoms with Crippen molar-refractivity contribution in [3.8, 4) is 5.75 Å². The third-order valence-electron chi connectivity index (χ3n) is 7.80. The molecule has 2 aliphatic rings. The first-order chi connectivity index (χ1) is 22.7. The zero-order chi connectivity index (χ0) is 33.1. The highest BCUT2D eigenvalue weighted by molar-refractivity contribution is 6.07. The molecule has 0 unspecified atom stereocenters. The van der Waals surface area contributed by atoms with Crippen LogP contribution in [-0.4, -0.2) is 66.9 Å². The molecule has 2 aliphatic heterocycles. The second-order valence-corrected chi connectivity index (χ2v) is 10.8. The van der Waals surface area contributed by atoms with E-state index in [4.69, 9.17) is 19.4 Å². The van der Waals surface area contributed by atoms with E-state index in [1.54, 1.807) is 23.2 Å². The number of hydrogen-bond acceptors (Lipinski definition) is 8. The standard InChI is InChI=1S/C33H32F3N7O4/c1-3-41-29-23(20-37-31(39-29)43(26-10-5-4-6-11-26)40-12-14-47-15-13-40)21-42(32(41)45)27-17-25(18-28(19-27)46-2)38-30(44)22-8-7-9-24(16-22)33(34,35)36/h4-11,16-20H,3,12-15,21H2,1-2H3,(H,38,44). The molecule has 3 amide bonds. The number of hydrazine groups is 1. The number of para-hydroxylation sites is 1. The second kappa shape index (κ2) is 13.3. The molecule has 0 atom stereocenters. The van der Waals surface area contributed by atoms with Crippen LogP contribution in [0.15, 0.2) is 79.0 Å². The van der Waals surface area contributed by atoms with Gasteiger partial charge in [0.1, 0.15) is 11.6 Å². The largest absolute Gasteiger partial charge is 0.497 e. The Morgan fingerprint density at radius 1 is 1.04 bits per heavy atom. The molecule has 0 bridgehead atoms. The summed E-state index contributed by atoms with van der Waals surface area (Å²) in [5.41, 5.74) is 1.11. The van der Waals surface area contributed by atoms with Gasteiger partial charge in [-0.2, -0.15) is 18.2 Å². The highest BCUT2D eigenvalue weighted by Gasteiger charge is 2.34. The summed E-state index contributed by atoms with van der Waals surface area (Å²) in [6.45, 7) is 4.69. The molecule has 11 nitrogen and oxygen atoms in total. The van der Waals surface area contributed by atoms with Crippen LogP contribution in [0.4, 0.5) is 46.8 Å². The molecule has 1 N–H and O–H groups in total. The Kier molecular flexibility index (Phi) is 8.96. The summed E-state index contributed by atoms with van der Waals surface area (Å²) >= 11 is 0. The molecule has 3 heterocycles. The summed E-state index contributed by atoms with van der Waals surface area (Å²) in [5.74, 6) is 0.482. The SMILES string of the molecule is CCN1C(=O)N(c2cc(NC(=O)c3cccc(C(F)(F)F)c3)cc(OC)c2)Cc2cnc(N(c3ccccc3)N3CCOCC3)nc21. The molecule has 0 radical (unpaired) electrons. The lowest BCUT2D eigenvalue weighted by molar-refractivity contribution is -0.137. The van der Waals surface area contributed by atoms with Crippen LogP contribution in [0.5, 0.6) is 5.75 Å². The van der Waals surface area contributed by atoms with Crippen molar-refractivity contribution >= 4 is 40.8 Å². The Balaban J connectivity index is 1.31. The number of aromatic nitrogens is 2. The number of urea groups is 1. The lowest BCUT2D eigenvalue weighted by atomic mass is 10.1. The first-order valence-corrected chi connectivity index (χ1v) is 15.0. The predicted molar refractivity (Wildman–Crippen MR) is 170 cm³/mol. The average Bonchev–Trinajstić information content (AvgIpc) is 3.08. The summed E-state index contributed by atoms with van der Waals surface area (Å²) in [6, 6.07) is 18.3. The first kappa shape index (κ1) is 31.8. The Hall–Kier alpha value is -5.21. The summed E-state index contributed by atoms with van der Waals surface area (Å²) in [7, 11) is 1.44. The molecular weight excluding hydrogens is 615 g/mol. The number of anilines is 5. The number of fused-ring (bicyclic) bond motifs is 1. The van der Waals surface area contributed by atoms with Gasteiger partial charge in [0.2, 0.25) is 5.95 Å². The zero-order valence-electron chi connectivity index (χ0n) is 25.7. The van der Waals surface area contributed by atoms with E-state index in [1.165, 1.54) is 30.2 Å². The maximum atomic E-state index is 14.0. The summed E-state index contributed by atoms with van der Waals surface area (Å²) in [4.78, 5) is 39.6. The van der Waals surface area contributed by atoms with Crippen molar-refractivity contribution in [2.75, 3.05) is 60.1 Å². The molecule has 0 spiro atoms. The van der Waals surface area contributed by atoms with Crippen molar-refractivity contribution in [1.29, 1.82) is 0 Å². The predicted octanol–water partition coefficient (Wildman–Crippen LogP) is 6.11. The minimum Gasteiger partial charge on any atom is -0.497 e. The normalized spacial score (nSPS) is 15.3. The Labute approximate surface area is 269 Å².